The molecule has 21 heavy (non-hydrogen) atoms. The lowest BCUT2D eigenvalue weighted by atomic mass is 10.0. The number of hydrogen-bond donors (Lipinski definition) is 2. The molecular weight excluding hydrogens is 262 g/mol. The lowest BCUT2D eigenvalue weighted by Gasteiger charge is -2.34. The van der Waals surface area contributed by atoms with Crippen molar-refractivity contribution >= 4 is 5.91 Å². The summed E-state index contributed by atoms with van der Waals surface area (Å²) < 4.78 is 0. The molecule has 0 aromatic carbocycles. The molecule has 2 unspecified atom stereocenters. The van der Waals surface area contributed by atoms with Crippen molar-refractivity contribution in [2.24, 2.45) is 5.92 Å². The van der Waals surface area contributed by atoms with Crippen LogP contribution in [0.15, 0.2) is 0 Å². The molecule has 1 saturated carbocycles. The van der Waals surface area contributed by atoms with E-state index < -0.39 is 0 Å². The van der Waals surface area contributed by atoms with Gasteiger partial charge in [-0.1, -0.05) is 20.3 Å². The van der Waals surface area contributed by atoms with Crippen LogP contribution in [0.25, 0.3) is 0 Å². The van der Waals surface area contributed by atoms with Gasteiger partial charge in [-0.05, 0) is 51.5 Å². The van der Waals surface area contributed by atoms with Crippen LogP contribution in [-0.2, 0) is 4.79 Å². The average Bonchev–Trinajstić information content (AvgIpc) is 3.29. The maximum absolute atomic E-state index is 12.4. The van der Waals surface area contributed by atoms with Crippen molar-refractivity contribution in [1.29, 1.82) is 0 Å². The molecule has 0 radical (unpaired) electrons. The molecule has 1 saturated heterocycles. The number of nitrogens with one attached hydrogen (secondary N) is 2. The van der Waals surface area contributed by atoms with Gasteiger partial charge in [0.2, 0.25) is 5.91 Å². The minimum absolute atomic E-state index is 0.00777. The fraction of sp³-hybridized carbons (Fsp3) is 0.941. The molecule has 122 valence electrons. The molecule has 2 atom stereocenters. The molecule has 0 aromatic heterocycles. The van der Waals surface area contributed by atoms with Gasteiger partial charge < -0.3 is 10.6 Å². The van der Waals surface area contributed by atoms with Crippen LogP contribution in [-0.4, -0.2) is 48.6 Å². The zero-order valence-electron chi connectivity index (χ0n) is 14.0. The number of amides is 1. The second-order valence-corrected chi connectivity index (χ2v) is 7.22. The van der Waals surface area contributed by atoms with Crippen molar-refractivity contribution in [2.75, 3.05) is 19.6 Å². The summed E-state index contributed by atoms with van der Waals surface area (Å²) >= 11 is 0. The number of hydrogen-bond acceptors (Lipinski definition) is 3. The molecule has 0 bridgehead atoms. The minimum atomic E-state index is 0.00777. The van der Waals surface area contributed by atoms with Crippen LogP contribution in [0.2, 0.25) is 0 Å². The largest absolute Gasteiger partial charge is 0.355 e. The van der Waals surface area contributed by atoms with E-state index in [0.717, 1.165) is 26.1 Å². The molecule has 0 aromatic rings. The first-order valence-electron chi connectivity index (χ1n) is 8.84. The van der Waals surface area contributed by atoms with E-state index in [4.69, 9.17) is 0 Å². The van der Waals surface area contributed by atoms with E-state index in [-0.39, 0.29) is 11.9 Å². The fourth-order valence-electron chi connectivity index (χ4n) is 3.15. The van der Waals surface area contributed by atoms with E-state index in [2.05, 4.69) is 36.3 Å². The fourth-order valence-corrected chi connectivity index (χ4v) is 3.15. The smallest absolute Gasteiger partial charge is 0.237 e. The highest BCUT2D eigenvalue weighted by Crippen LogP contribution is 2.29. The Morgan fingerprint density at radius 3 is 2.57 bits per heavy atom. The van der Waals surface area contributed by atoms with Gasteiger partial charge in [0.05, 0.1) is 6.04 Å². The van der Waals surface area contributed by atoms with Gasteiger partial charge in [0.1, 0.15) is 0 Å². The van der Waals surface area contributed by atoms with Gasteiger partial charge in [0, 0.05) is 25.2 Å². The summed E-state index contributed by atoms with van der Waals surface area (Å²) in [4.78, 5) is 14.8. The molecule has 2 fully saturated rings. The molecule has 1 amide bonds. The minimum Gasteiger partial charge on any atom is -0.355 e. The number of carbonyl (C=O) groups excluding carboxylic acids is 1. The van der Waals surface area contributed by atoms with E-state index >= 15 is 0 Å². The summed E-state index contributed by atoms with van der Waals surface area (Å²) in [6, 6.07) is 1.22. The van der Waals surface area contributed by atoms with Crippen LogP contribution >= 0.6 is 0 Å². The molecule has 1 heterocycles. The lowest BCUT2D eigenvalue weighted by molar-refractivity contribution is -0.126. The summed E-state index contributed by atoms with van der Waals surface area (Å²) in [6.45, 7) is 9.44. The molecule has 2 rings (SSSR count). The Bertz CT molecular complexity index is 322. The predicted octanol–water partition coefficient (Wildman–Crippen LogP) is 2.14. The topological polar surface area (TPSA) is 44.4 Å². The lowest BCUT2D eigenvalue weighted by Crippen LogP contribution is -2.52. The van der Waals surface area contributed by atoms with Gasteiger partial charge in [0.25, 0.3) is 0 Å². The highest BCUT2D eigenvalue weighted by Gasteiger charge is 2.36. The van der Waals surface area contributed by atoms with Crippen molar-refractivity contribution in [2.45, 2.75) is 77.4 Å². The van der Waals surface area contributed by atoms with Crippen LogP contribution in [0.1, 0.15) is 59.3 Å². The van der Waals surface area contributed by atoms with Crippen LogP contribution < -0.4 is 10.6 Å². The van der Waals surface area contributed by atoms with Crippen molar-refractivity contribution < 1.29 is 4.79 Å². The maximum atomic E-state index is 12.4. The Morgan fingerprint density at radius 1 is 1.24 bits per heavy atom. The van der Waals surface area contributed by atoms with Gasteiger partial charge >= 0.3 is 0 Å². The summed E-state index contributed by atoms with van der Waals surface area (Å²) in [6.07, 6.45) is 7.46. The van der Waals surface area contributed by atoms with Gasteiger partial charge in [-0.25, -0.2) is 0 Å². The number of carbonyl (C=O) groups is 1. The van der Waals surface area contributed by atoms with Crippen LogP contribution in [0.3, 0.4) is 0 Å². The molecule has 4 nitrogen and oxygen atoms in total. The van der Waals surface area contributed by atoms with Crippen LogP contribution in [0.4, 0.5) is 0 Å². The normalized spacial score (nSPS) is 24.3. The zero-order valence-corrected chi connectivity index (χ0v) is 14.0. The molecule has 0 spiro atoms. The number of piperidine rings is 1. The standard InChI is InChI=1S/C17H33N3O/c1-13(2)9-11-19-17(21)14(3)20(16-7-8-16)12-15-6-4-5-10-18-15/h13-16,18H,4-12H2,1-3H3,(H,19,21). The van der Waals surface area contributed by atoms with Crippen molar-refractivity contribution in [1.82, 2.24) is 15.5 Å². The first kappa shape index (κ1) is 16.8. The molecule has 2 aliphatic rings. The van der Waals surface area contributed by atoms with E-state index in [9.17, 15) is 4.79 Å². The second kappa shape index (κ2) is 8.14. The predicted molar refractivity (Wildman–Crippen MR) is 87.3 cm³/mol. The molecule has 1 aliphatic carbocycles. The van der Waals surface area contributed by atoms with Crippen LogP contribution in [0.5, 0.6) is 0 Å². The van der Waals surface area contributed by atoms with E-state index in [1.54, 1.807) is 0 Å². The third-order valence-electron chi connectivity index (χ3n) is 4.76. The Kier molecular flexibility index (Phi) is 6.49. The number of rotatable bonds is 8. The van der Waals surface area contributed by atoms with E-state index in [1.807, 2.05) is 0 Å². The molecule has 1 aliphatic heterocycles. The summed E-state index contributed by atoms with van der Waals surface area (Å²) in [5.74, 6) is 0.852. The summed E-state index contributed by atoms with van der Waals surface area (Å²) in [5, 5.41) is 6.72. The average molecular weight is 295 g/mol. The Morgan fingerprint density at radius 2 is 2.00 bits per heavy atom. The Labute approximate surface area is 130 Å². The van der Waals surface area contributed by atoms with E-state index in [0.29, 0.717) is 18.0 Å². The highest BCUT2D eigenvalue weighted by molar-refractivity contribution is 5.81. The maximum Gasteiger partial charge on any atom is 0.237 e. The van der Waals surface area contributed by atoms with Gasteiger partial charge in [-0.2, -0.15) is 0 Å². The molecule has 2 N–H and O–H groups in total. The van der Waals surface area contributed by atoms with Gasteiger partial charge in [0.15, 0.2) is 0 Å². The first-order chi connectivity index (χ1) is 10.1. The van der Waals surface area contributed by atoms with Gasteiger partial charge in [-0.15, -0.1) is 0 Å². The first-order valence-corrected chi connectivity index (χ1v) is 8.84. The van der Waals surface area contributed by atoms with Crippen LogP contribution in [0, 0.1) is 5.92 Å². The molecule has 4 heteroatoms. The second-order valence-electron chi connectivity index (χ2n) is 7.22. The van der Waals surface area contributed by atoms with Crippen molar-refractivity contribution in [3.05, 3.63) is 0 Å². The van der Waals surface area contributed by atoms with Gasteiger partial charge in [-0.3, -0.25) is 9.69 Å². The Balaban J connectivity index is 1.80. The monoisotopic (exact) mass is 295 g/mol. The summed E-state index contributed by atoms with van der Waals surface area (Å²) in [7, 11) is 0. The SMILES string of the molecule is CC(C)CCNC(=O)C(C)N(CC1CCCCN1)C1CC1. The molecular formula is C17H33N3O. The summed E-state index contributed by atoms with van der Waals surface area (Å²) in [5.41, 5.74) is 0. The van der Waals surface area contributed by atoms with E-state index in [1.165, 1.54) is 32.1 Å². The van der Waals surface area contributed by atoms with Crippen molar-refractivity contribution in [3.8, 4) is 0 Å². The number of nitrogens with zero attached hydrogens (tertiary/aromatic N) is 1. The highest BCUT2D eigenvalue weighted by atomic mass is 16.2. The zero-order chi connectivity index (χ0) is 15.2. The Hall–Kier alpha value is -0.610. The third-order valence-corrected chi connectivity index (χ3v) is 4.76. The third kappa shape index (κ3) is 5.59. The van der Waals surface area contributed by atoms with Crippen molar-refractivity contribution in [3.63, 3.8) is 0 Å². The quantitative estimate of drug-likeness (QED) is 0.721.